The van der Waals surface area contributed by atoms with Crippen molar-refractivity contribution in [3.8, 4) is 0 Å². The van der Waals surface area contributed by atoms with Gasteiger partial charge < -0.3 is 9.73 Å². The van der Waals surface area contributed by atoms with E-state index in [0.717, 1.165) is 22.7 Å². The maximum Gasteiger partial charge on any atom is 0.224 e. The minimum atomic E-state index is -0.148. The van der Waals surface area contributed by atoms with Crippen molar-refractivity contribution in [2.24, 2.45) is 0 Å². The minimum Gasteiger partial charge on any atom is -0.467 e. The molecule has 0 saturated heterocycles. The summed E-state index contributed by atoms with van der Waals surface area (Å²) < 4.78 is 7.44. The number of rotatable bonds is 6. The molecule has 0 radical (unpaired) electrons. The highest BCUT2D eigenvalue weighted by Crippen LogP contribution is 2.20. The fourth-order valence-corrected chi connectivity index (χ4v) is 3.27. The van der Waals surface area contributed by atoms with Crippen molar-refractivity contribution in [1.29, 1.82) is 0 Å². The van der Waals surface area contributed by atoms with Crippen LogP contribution in [-0.4, -0.2) is 22.2 Å². The lowest BCUT2D eigenvalue weighted by atomic mass is 10.2. The van der Waals surface area contributed by atoms with Crippen LogP contribution in [-0.2, 0) is 11.2 Å². The molecule has 0 saturated carbocycles. The minimum absolute atomic E-state index is 0.00138. The van der Waals surface area contributed by atoms with Crippen LogP contribution in [0.15, 0.2) is 45.7 Å². The Bertz CT molecular complexity index is 760. The van der Waals surface area contributed by atoms with Gasteiger partial charge in [0.25, 0.3) is 0 Å². The first-order valence-electron chi connectivity index (χ1n) is 7.47. The molecule has 0 aliphatic carbocycles. The summed E-state index contributed by atoms with van der Waals surface area (Å²) in [6.45, 7) is 4.40. The van der Waals surface area contributed by atoms with Gasteiger partial charge >= 0.3 is 0 Å². The highest BCUT2D eigenvalue weighted by Gasteiger charge is 2.20. The zero-order valence-corrected chi connectivity index (χ0v) is 14.0. The molecule has 1 amide bonds. The highest BCUT2D eigenvalue weighted by molar-refractivity contribution is 7.07. The summed E-state index contributed by atoms with van der Waals surface area (Å²) in [7, 11) is 0. The van der Waals surface area contributed by atoms with E-state index in [0.29, 0.717) is 13.0 Å². The standard InChI is InChI=1S/C17H19N3O2S/c1-12-8-13(2)20(19-12)15(16-4-3-6-22-16)10-18-17(21)9-14-5-7-23-11-14/h3-8,11,15H,9-10H2,1-2H3,(H,18,21). The first-order chi connectivity index (χ1) is 11.1. The molecule has 0 aliphatic rings. The first-order valence-corrected chi connectivity index (χ1v) is 8.41. The summed E-state index contributed by atoms with van der Waals surface area (Å²) in [5, 5.41) is 11.5. The molecule has 3 aromatic heterocycles. The van der Waals surface area contributed by atoms with Crippen LogP contribution in [0.2, 0.25) is 0 Å². The van der Waals surface area contributed by atoms with Gasteiger partial charge in [-0.1, -0.05) is 0 Å². The van der Waals surface area contributed by atoms with Gasteiger partial charge in [0.1, 0.15) is 11.8 Å². The third-order valence-electron chi connectivity index (χ3n) is 3.65. The number of thiophene rings is 1. The van der Waals surface area contributed by atoms with Gasteiger partial charge in [0, 0.05) is 12.2 Å². The predicted molar refractivity (Wildman–Crippen MR) is 89.6 cm³/mol. The molecule has 3 heterocycles. The van der Waals surface area contributed by atoms with Crippen LogP contribution < -0.4 is 5.32 Å². The molecular formula is C17H19N3O2S. The summed E-state index contributed by atoms with van der Waals surface area (Å²) in [5.41, 5.74) is 3.02. The van der Waals surface area contributed by atoms with Crippen LogP contribution in [0.5, 0.6) is 0 Å². The Morgan fingerprint density at radius 1 is 1.43 bits per heavy atom. The molecule has 0 aliphatic heterocycles. The van der Waals surface area contributed by atoms with Gasteiger partial charge in [0.2, 0.25) is 5.91 Å². The normalized spacial score (nSPS) is 12.3. The van der Waals surface area contributed by atoms with Crippen molar-refractivity contribution >= 4 is 17.2 Å². The molecule has 1 N–H and O–H groups in total. The van der Waals surface area contributed by atoms with Crippen LogP contribution >= 0.6 is 11.3 Å². The van der Waals surface area contributed by atoms with Crippen molar-refractivity contribution < 1.29 is 9.21 Å². The molecule has 0 fully saturated rings. The second-order valence-electron chi connectivity index (χ2n) is 5.52. The zero-order chi connectivity index (χ0) is 16.2. The second-order valence-corrected chi connectivity index (χ2v) is 6.30. The van der Waals surface area contributed by atoms with Crippen molar-refractivity contribution in [2.75, 3.05) is 6.54 Å². The van der Waals surface area contributed by atoms with Gasteiger partial charge in [-0.25, -0.2) is 0 Å². The van der Waals surface area contributed by atoms with Gasteiger partial charge in [0.15, 0.2) is 0 Å². The van der Waals surface area contributed by atoms with E-state index in [1.807, 2.05) is 53.6 Å². The molecule has 3 rings (SSSR count). The van der Waals surface area contributed by atoms with E-state index in [-0.39, 0.29) is 11.9 Å². The Morgan fingerprint density at radius 3 is 2.91 bits per heavy atom. The van der Waals surface area contributed by atoms with E-state index >= 15 is 0 Å². The van der Waals surface area contributed by atoms with Crippen molar-refractivity contribution in [1.82, 2.24) is 15.1 Å². The van der Waals surface area contributed by atoms with E-state index in [1.54, 1.807) is 17.6 Å². The Labute approximate surface area is 138 Å². The fraction of sp³-hybridized carbons (Fsp3) is 0.294. The highest BCUT2D eigenvalue weighted by atomic mass is 32.1. The average Bonchev–Trinajstić information content (AvgIpc) is 3.23. The van der Waals surface area contributed by atoms with Crippen LogP contribution in [0.1, 0.15) is 28.8 Å². The molecule has 0 spiro atoms. The van der Waals surface area contributed by atoms with Crippen molar-refractivity contribution in [3.05, 3.63) is 64.0 Å². The SMILES string of the molecule is Cc1cc(C)n(C(CNC(=O)Cc2ccsc2)c2ccco2)n1. The Hall–Kier alpha value is -2.34. The molecule has 0 aromatic carbocycles. The van der Waals surface area contributed by atoms with Crippen LogP contribution in [0.4, 0.5) is 0 Å². The molecule has 23 heavy (non-hydrogen) atoms. The van der Waals surface area contributed by atoms with Gasteiger partial charge in [-0.3, -0.25) is 9.48 Å². The molecule has 120 valence electrons. The number of furan rings is 1. The lowest BCUT2D eigenvalue weighted by molar-refractivity contribution is -0.120. The van der Waals surface area contributed by atoms with Gasteiger partial charge in [-0.05, 0) is 54.4 Å². The van der Waals surface area contributed by atoms with Gasteiger partial charge in [0.05, 0.1) is 18.4 Å². The van der Waals surface area contributed by atoms with Crippen LogP contribution in [0, 0.1) is 13.8 Å². The number of nitrogens with zero attached hydrogens (tertiary/aromatic N) is 2. The fourth-order valence-electron chi connectivity index (χ4n) is 2.60. The maximum absolute atomic E-state index is 12.1. The number of hydrogen-bond acceptors (Lipinski definition) is 4. The van der Waals surface area contributed by atoms with Crippen molar-refractivity contribution in [3.63, 3.8) is 0 Å². The molecule has 3 aromatic rings. The second kappa shape index (κ2) is 6.83. The summed E-state index contributed by atoms with van der Waals surface area (Å²) >= 11 is 1.60. The average molecular weight is 329 g/mol. The first kappa shape index (κ1) is 15.6. The third-order valence-corrected chi connectivity index (χ3v) is 4.38. The topological polar surface area (TPSA) is 60.1 Å². The summed E-state index contributed by atoms with van der Waals surface area (Å²) in [6.07, 6.45) is 2.03. The molecule has 0 bridgehead atoms. The molecule has 5 nitrogen and oxygen atoms in total. The molecular weight excluding hydrogens is 310 g/mol. The molecule has 1 unspecified atom stereocenters. The number of aryl methyl sites for hydroxylation is 2. The van der Waals surface area contributed by atoms with Crippen molar-refractivity contribution in [2.45, 2.75) is 26.3 Å². The van der Waals surface area contributed by atoms with Crippen LogP contribution in [0.25, 0.3) is 0 Å². The largest absolute Gasteiger partial charge is 0.467 e. The predicted octanol–water partition coefficient (Wildman–Crippen LogP) is 3.10. The lowest BCUT2D eigenvalue weighted by Crippen LogP contribution is -2.32. The molecule has 6 heteroatoms. The maximum atomic E-state index is 12.1. The smallest absolute Gasteiger partial charge is 0.224 e. The summed E-state index contributed by atoms with van der Waals surface area (Å²) in [5.74, 6) is 0.786. The van der Waals surface area contributed by atoms with Crippen LogP contribution in [0.3, 0.4) is 0 Å². The Balaban J connectivity index is 1.72. The number of carbonyl (C=O) groups excluding carboxylic acids is 1. The van der Waals surface area contributed by atoms with Gasteiger partial charge in [-0.2, -0.15) is 16.4 Å². The van der Waals surface area contributed by atoms with Gasteiger partial charge in [-0.15, -0.1) is 0 Å². The van der Waals surface area contributed by atoms with E-state index in [9.17, 15) is 4.79 Å². The number of hydrogen-bond donors (Lipinski definition) is 1. The molecule has 1 atom stereocenters. The summed E-state index contributed by atoms with van der Waals surface area (Å²) in [6, 6.07) is 7.59. The number of amides is 1. The Morgan fingerprint density at radius 2 is 2.30 bits per heavy atom. The zero-order valence-electron chi connectivity index (χ0n) is 13.2. The van der Waals surface area contributed by atoms with E-state index in [2.05, 4.69) is 10.4 Å². The monoisotopic (exact) mass is 329 g/mol. The van der Waals surface area contributed by atoms with E-state index in [4.69, 9.17) is 4.42 Å². The van der Waals surface area contributed by atoms with E-state index < -0.39 is 0 Å². The summed E-state index contributed by atoms with van der Waals surface area (Å²) in [4.78, 5) is 12.1. The Kier molecular flexibility index (Phi) is 4.62. The third kappa shape index (κ3) is 3.71. The number of carbonyl (C=O) groups is 1. The lowest BCUT2D eigenvalue weighted by Gasteiger charge is -2.18. The van der Waals surface area contributed by atoms with E-state index in [1.165, 1.54) is 0 Å². The number of nitrogens with one attached hydrogen (secondary N) is 1. The number of aromatic nitrogens is 2. The quantitative estimate of drug-likeness (QED) is 0.756.